The first-order valence-electron chi connectivity index (χ1n) is 6.52. The van der Waals surface area contributed by atoms with Gasteiger partial charge in [-0.3, -0.25) is 9.69 Å². The van der Waals surface area contributed by atoms with E-state index in [2.05, 4.69) is 16.3 Å². The van der Waals surface area contributed by atoms with Crippen LogP contribution in [-0.4, -0.2) is 41.6 Å². The summed E-state index contributed by atoms with van der Waals surface area (Å²) in [5, 5.41) is 13.3. The van der Waals surface area contributed by atoms with Crippen molar-refractivity contribution >= 4 is 5.91 Å². The van der Waals surface area contributed by atoms with Gasteiger partial charge in [0.1, 0.15) is 0 Å². The topological polar surface area (TPSA) is 52.6 Å². The van der Waals surface area contributed by atoms with E-state index in [1.165, 1.54) is 5.56 Å². The Labute approximate surface area is 107 Å². The van der Waals surface area contributed by atoms with Crippen LogP contribution in [0.2, 0.25) is 0 Å². The van der Waals surface area contributed by atoms with Gasteiger partial charge in [0.15, 0.2) is 0 Å². The first kappa shape index (κ1) is 11.7. The summed E-state index contributed by atoms with van der Waals surface area (Å²) in [6.45, 7) is 2.24. The molecule has 0 aromatic heterocycles. The number of hydrogen-bond acceptors (Lipinski definition) is 3. The molecule has 0 spiro atoms. The van der Waals surface area contributed by atoms with Crippen LogP contribution in [0.15, 0.2) is 24.3 Å². The van der Waals surface area contributed by atoms with Gasteiger partial charge < -0.3 is 10.4 Å². The third-order valence-electron chi connectivity index (χ3n) is 3.98. The lowest BCUT2D eigenvalue weighted by molar-refractivity contribution is -0.120. The fourth-order valence-electron chi connectivity index (χ4n) is 3.00. The van der Waals surface area contributed by atoms with E-state index < -0.39 is 6.10 Å². The number of fused-ring (bicyclic) bond motifs is 1. The Bertz CT molecular complexity index is 461. The third kappa shape index (κ3) is 2.02. The quantitative estimate of drug-likeness (QED) is 0.757. The number of aliphatic hydroxyl groups excluding tert-OH is 1. The molecule has 96 valence electrons. The van der Waals surface area contributed by atoms with Crippen molar-refractivity contribution in [2.24, 2.45) is 0 Å². The second kappa shape index (κ2) is 4.71. The minimum atomic E-state index is -0.422. The minimum absolute atomic E-state index is 0.113. The van der Waals surface area contributed by atoms with Crippen LogP contribution in [0.3, 0.4) is 0 Å². The highest BCUT2D eigenvalue weighted by molar-refractivity contribution is 5.76. The predicted octanol–water partition coefficient (Wildman–Crippen LogP) is 0.467. The summed E-state index contributed by atoms with van der Waals surface area (Å²) in [5.41, 5.74) is 2.28. The van der Waals surface area contributed by atoms with Crippen LogP contribution in [0.25, 0.3) is 0 Å². The molecule has 0 bridgehead atoms. The van der Waals surface area contributed by atoms with Crippen molar-refractivity contribution in [3.63, 3.8) is 0 Å². The Morgan fingerprint density at radius 3 is 2.94 bits per heavy atom. The van der Waals surface area contributed by atoms with Crippen LogP contribution < -0.4 is 5.32 Å². The zero-order valence-electron chi connectivity index (χ0n) is 10.3. The molecule has 2 aliphatic rings. The van der Waals surface area contributed by atoms with Crippen LogP contribution in [-0.2, 0) is 11.2 Å². The van der Waals surface area contributed by atoms with Gasteiger partial charge in [0.05, 0.1) is 6.10 Å². The Kier molecular flexibility index (Phi) is 3.06. The van der Waals surface area contributed by atoms with Gasteiger partial charge in [0, 0.05) is 32.1 Å². The van der Waals surface area contributed by atoms with Crippen LogP contribution in [0.5, 0.6) is 0 Å². The minimum Gasteiger partial charge on any atom is -0.387 e. The molecule has 2 unspecified atom stereocenters. The normalized spacial score (nSPS) is 28.6. The summed E-state index contributed by atoms with van der Waals surface area (Å²) in [7, 11) is 0. The molecule has 1 amide bonds. The van der Waals surface area contributed by atoms with Crippen molar-refractivity contribution in [2.45, 2.75) is 25.0 Å². The second-order valence-corrected chi connectivity index (χ2v) is 5.05. The van der Waals surface area contributed by atoms with Crippen molar-refractivity contribution in [1.82, 2.24) is 10.2 Å². The van der Waals surface area contributed by atoms with Crippen molar-refractivity contribution in [2.75, 3.05) is 19.6 Å². The number of rotatable bonds is 1. The molecule has 2 N–H and O–H groups in total. The summed E-state index contributed by atoms with van der Waals surface area (Å²) in [5.74, 6) is 0.113. The monoisotopic (exact) mass is 246 g/mol. The van der Waals surface area contributed by atoms with Gasteiger partial charge in [0.25, 0.3) is 0 Å². The highest BCUT2D eigenvalue weighted by Gasteiger charge is 2.35. The highest BCUT2D eigenvalue weighted by atomic mass is 16.3. The number of amides is 1. The molecule has 1 saturated heterocycles. The summed E-state index contributed by atoms with van der Waals surface area (Å²) >= 11 is 0. The molecule has 1 fully saturated rings. The largest absolute Gasteiger partial charge is 0.387 e. The molecule has 1 aliphatic heterocycles. The number of nitrogens with one attached hydrogen (secondary N) is 1. The van der Waals surface area contributed by atoms with E-state index in [4.69, 9.17) is 0 Å². The average Bonchev–Trinajstić information content (AvgIpc) is 2.57. The zero-order valence-corrected chi connectivity index (χ0v) is 10.3. The van der Waals surface area contributed by atoms with Gasteiger partial charge in [0.2, 0.25) is 5.91 Å². The van der Waals surface area contributed by atoms with Crippen LogP contribution in [0, 0.1) is 0 Å². The molecule has 0 radical (unpaired) electrons. The van der Waals surface area contributed by atoms with Crippen molar-refractivity contribution < 1.29 is 9.90 Å². The molecule has 1 aromatic rings. The molecule has 4 heteroatoms. The van der Waals surface area contributed by atoms with Crippen molar-refractivity contribution in [3.8, 4) is 0 Å². The van der Waals surface area contributed by atoms with E-state index in [9.17, 15) is 9.90 Å². The van der Waals surface area contributed by atoms with Crippen molar-refractivity contribution in [1.29, 1.82) is 0 Å². The van der Waals surface area contributed by atoms with Crippen LogP contribution in [0.1, 0.15) is 23.7 Å². The SMILES string of the molecule is O=C1CCN(C2Cc3ccccc3C2O)CCN1. The Morgan fingerprint density at radius 2 is 2.11 bits per heavy atom. The van der Waals surface area contributed by atoms with Crippen molar-refractivity contribution in [3.05, 3.63) is 35.4 Å². The fourth-order valence-corrected chi connectivity index (χ4v) is 3.00. The lowest BCUT2D eigenvalue weighted by Gasteiger charge is -2.29. The van der Waals surface area contributed by atoms with Gasteiger partial charge in [-0.05, 0) is 17.5 Å². The second-order valence-electron chi connectivity index (χ2n) is 5.05. The number of hydrogen-bond donors (Lipinski definition) is 2. The van der Waals surface area contributed by atoms with E-state index in [1.807, 2.05) is 18.2 Å². The lowest BCUT2D eigenvalue weighted by atomic mass is 10.1. The summed E-state index contributed by atoms with van der Waals surface area (Å²) in [6.07, 6.45) is 0.986. The van der Waals surface area contributed by atoms with E-state index in [-0.39, 0.29) is 11.9 Å². The van der Waals surface area contributed by atoms with E-state index in [0.29, 0.717) is 13.0 Å². The predicted molar refractivity (Wildman–Crippen MR) is 68.1 cm³/mol. The van der Waals surface area contributed by atoms with E-state index in [0.717, 1.165) is 25.1 Å². The van der Waals surface area contributed by atoms with Gasteiger partial charge in [-0.25, -0.2) is 0 Å². The van der Waals surface area contributed by atoms with Gasteiger partial charge in [-0.1, -0.05) is 24.3 Å². The zero-order chi connectivity index (χ0) is 12.5. The molecular formula is C14H18N2O2. The van der Waals surface area contributed by atoms with Gasteiger partial charge in [-0.2, -0.15) is 0 Å². The molecular weight excluding hydrogens is 228 g/mol. The Balaban J connectivity index is 1.77. The maximum absolute atomic E-state index is 11.3. The Morgan fingerprint density at radius 1 is 1.28 bits per heavy atom. The number of carbonyl (C=O) groups excluding carboxylic acids is 1. The molecule has 1 heterocycles. The molecule has 1 aromatic carbocycles. The first-order chi connectivity index (χ1) is 8.75. The van der Waals surface area contributed by atoms with Crippen LogP contribution in [0.4, 0.5) is 0 Å². The lowest BCUT2D eigenvalue weighted by Crippen LogP contribution is -2.40. The van der Waals surface area contributed by atoms with Gasteiger partial charge in [-0.15, -0.1) is 0 Å². The molecule has 18 heavy (non-hydrogen) atoms. The first-order valence-corrected chi connectivity index (χ1v) is 6.52. The number of benzene rings is 1. The summed E-state index contributed by atoms with van der Waals surface area (Å²) in [6, 6.07) is 8.19. The molecule has 2 atom stereocenters. The molecule has 1 aliphatic carbocycles. The van der Waals surface area contributed by atoms with Crippen LogP contribution >= 0.6 is 0 Å². The third-order valence-corrected chi connectivity index (χ3v) is 3.98. The highest BCUT2D eigenvalue weighted by Crippen LogP contribution is 2.34. The summed E-state index contributed by atoms with van der Waals surface area (Å²) in [4.78, 5) is 13.6. The molecule has 4 nitrogen and oxygen atoms in total. The number of aliphatic hydroxyl groups is 1. The standard InChI is InChI=1S/C14H18N2O2/c17-13-5-7-16(8-6-15-13)12-9-10-3-1-2-4-11(10)14(12)18/h1-4,12,14,18H,5-9H2,(H,15,17). The average molecular weight is 246 g/mol. The van der Waals surface area contributed by atoms with Gasteiger partial charge >= 0.3 is 0 Å². The maximum Gasteiger partial charge on any atom is 0.221 e. The maximum atomic E-state index is 11.3. The van der Waals surface area contributed by atoms with E-state index in [1.54, 1.807) is 0 Å². The number of carbonyl (C=O) groups is 1. The summed E-state index contributed by atoms with van der Waals surface area (Å²) < 4.78 is 0. The van der Waals surface area contributed by atoms with E-state index >= 15 is 0 Å². The molecule has 0 saturated carbocycles. The smallest absolute Gasteiger partial charge is 0.221 e. The Hall–Kier alpha value is -1.39. The molecule has 3 rings (SSSR count). The fraction of sp³-hybridized carbons (Fsp3) is 0.500. The number of nitrogens with zero attached hydrogens (tertiary/aromatic N) is 1.